The van der Waals surface area contributed by atoms with Crippen LogP contribution in [0.2, 0.25) is 10.0 Å². The molecule has 0 fully saturated rings. The highest BCUT2D eigenvalue weighted by atomic mass is 35.5. The second-order valence-corrected chi connectivity index (χ2v) is 5.90. The summed E-state index contributed by atoms with van der Waals surface area (Å²) in [7, 11) is 0. The van der Waals surface area contributed by atoms with Crippen molar-refractivity contribution in [3.05, 3.63) is 81.8 Å². The van der Waals surface area contributed by atoms with Crippen molar-refractivity contribution >= 4 is 34.0 Å². The number of rotatable bonds is 3. The number of fused-ring (bicyclic) bond motifs is 1. The highest BCUT2D eigenvalue weighted by Gasteiger charge is 2.15. The van der Waals surface area contributed by atoms with Gasteiger partial charge in [0.05, 0.1) is 0 Å². The molecule has 1 atom stereocenters. The smallest absolute Gasteiger partial charge is 0.0468 e. The van der Waals surface area contributed by atoms with Crippen LogP contribution in [-0.2, 0) is 6.42 Å². The van der Waals surface area contributed by atoms with E-state index in [0.717, 1.165) is 5.56 Å². The summed E-state index contributed by atoms with van der Waals surface area (Å²) in [5.74, 6) is 0. The van der Waals surface area contributed by atoms with Crippen LogP contribution in [0.5, 0.6) is 0 Å². The fourth-order valence-corrected chi connectivity index (χ4v) is 3.35. The molecule has 0 radical (unpaired) electrons. The lowest BCUT2D eigenvalue weighted by Gasteiger charge is -2.16. The van der Waals surface area contributed by atoms with Crippen LogP contribution in [0.3, 0.4) is 0 Å². The highest BCUT2D eigenvalue weighted by Crippen LogP contribution is 2.32. The predicted octanol–water partition coefficient (Wildman–Crippen LogP) is 5.39. The van der Waals surface area contributed by atoms with Gasteiger partial charge in [0, 0.05) is 21.7 Å². The van der Waals surface area contributed by atoms with E-state index in [1.54, 1.807) is 0 Å². The lowest BCUT2D eigenvalue weighted by molar-refractivity contribution is 0.726. The molecule has 0 heterocycles. The monoisotopic (exact) mass is 315 g/mol. The Balaban J connectivity index is 1.99. The first-order valence-electron chi connectivity index (χ1n) is 6.83. The topological polar surface area (TPSA) is 26.0 Å². The van der Waals surface area contributed by atoms with E-state index in [1.165, 1.54) is 16.3 Å². The first kappa shape index (κ1) is 14.4. The van der Waals surface area contributed by atoms with Gasteiger partial charge in [0.1, 0.15) is 0 Å². The van der Waals surface area contributed by atoms with Crippen LogP contribution in [0, 0.1) is 0 Å². The number of hydrogen-bond donors (Lipinski definition) is 1. The van der Waals surface area contributed by atoms with E-state index in [2.05, 4.69) is 30.3 Å². The molecule has 2 N–H and O–H groups in total. The Morgan fingerprint density at radius 2 is 1.43 bits per heavy atom. The molecule has 0 amide bonds. The van der Waals surface area contributed by atoms with Gasteiger partial charge in [-0.25, -0.2) is 0 Å². The maximum absolute atomic E-state index is 6.35. The Hall–Kier alpha value is -1.54. The second-order valence-electron chi connectivity index (χ2n) is 5.08. The van der Waals surface area contributed by atoms with E-state index >= 15 is 0 Å². The van der Waals surface area contributed by atoms with Crippen molar-refractivity contribution in [2.75, 3.05) is 0 Å². The van der Waals surface area contributed by atoms with Crippen molar-refractivity contribution in [3.63, 3.8) is 0 Å². The lowest BCUT2D eigenvalue weighted by atomic mass is 9.95. The summed E-state index contributed by atoms with van der Waals surface area (Å²) in [6, 6.07) is 19.8. The molecule has 1 nitrogen and oxygen atoms in total. The minimum absolute atomic E-state index is 0.225. The molecular weight excluding hydrogens is 301 g/mol. The molecular formula is C18H15Cl2N. The molecule has 1 unspecified atom stereocenters. The van der Waals surface area contributed by atoms with Gasteiger partial charge < -0.3 is 5.73 Å². The Morgan fingerprint density at radius 1 is 0.810 bits per heavy atom. The van der Waals surface area contributed by atoms with Crippen molar-refractivity contribution in [2.45, 2.75) is 12.5 Å². The maximum atomic E-state index is 6.35. The van der Waals surface area contributed by atoms with E-state index in [9.17, 15) is 0 Å². The van der Waals surface area contributed by atoms with E-state index in [1.807, 2.05) is 30.3 Å². The Bertz CT molecular complexity index is 758. The molecule has 0 saturated carbocycles. The molecule has 3 aromatic carbocycles. The number of nitrogens with two attached hydrogens (primary N) is 1. The van der Waals surface area contributed by atoms with E-state index in [-0.39, 0.29) is 6.04 Å². The van der Waals surface area contributed by atoms with Crippen molar-refractivity contribution in [1.29, 1.82) is 0 Å². The van der Waals surface area contributed by atoms with Gasteiger partial charge in [-0.05, 0) is 34.9 Å². The zero-order valence-electron chi connectivity index (χ0n) is 11.4. The summed E-state index contributed by atoms with van der Waals surface area (Å²) in [6.07, 6.45) is 0.699. The zero-order chi connectivity index (χ0) is 14.8. The molecule has 0 aliphatic rings. The molecule has 0 spiro atoms. The van der Waals surface area contributed by atoms with E-state index in [4.69, 9.17) is 28.9 Å². The van der Waals surface area contributed by atoms with Gasteiger partial charge in [-0.1, -0.05) is 71.7 Å². The number of halogens is 2. The maximum Gasteiger partial charge on any atom is 0.0468 e. The second kappa shape index (κ2) is 6.07. The number of hydrogen-bond acceptors (Lipinski definition) is 1. The van der Waals surface area contributed by atoms with Crippen LogP contribution in [0.15, 0.2) is 60.7 Å². The fourth-order valence-electron chi connectivity index (χ4n) is 2.67. The van der Waals surface area contributed by atoms with Crippen molar-refractivity contribution in [2.24, 2.45) is 5.73 Å². The third-order valence-corrected chi connectivity index (χ3v) is 4.35. The summed E-state index contributed by atoms with van der Waals surface area (Å²) >= 11 is 12.5. The molecule has 3 aromatic rings. The Morgan fingerprint density at radius 3 is 2.19 bits per heavy atom. The van der Waals surface area contributed by atoms with Gasteiger partial charge >= 0.3 is 0 Å². The molecule has 0 bridgehead atoms. The van der Waals surface area contributed by atoms with Gasteiger partial charge in [0.15, 0.2) is 0 Å². The predicted molar refractivity (Wildman–Crippen MR) is 91.0 cm³/mol. The summed E-state index contributed by atoms with van der Waals surface area (Å²) in [5.41, 5.74) is 8.37. The molecule has 106 valence electrons. The summed E-state index contributed by atoms with van der Waals surface area (Å²) in [6.45, 7) is 0. The largest absolute Gasteiger partial charge is 0.324 e. The first-order chi connectivity index (χ1) is 10.2. The van der Waals surface area contributed by atoms with Crippen LogP contribution in [-0.4, -0.2) is 0 Å². The van der Waals surface area contributed by atoms with Gasteiger partial charge in [-0.3, -0.25) is 0 Å². The minimum Gasteiger partial charge on any atom is -0.324 e. The molecule has 0 aliphatic carbocycles. The standard InChI is InChI=1S/C18H15Cl2N/c19-15-9-4-10-16(20)18(15)17(21)11-13-7-3-6-12-5-1-2-8-14(12)13/h1-10,17H,11,21H2. The molecule has 21 heavy (non-hydrogen) atoms. The van der Waals surface area contributed by atoms with Crippen molar-refractivity contribution in [1.82, 2.24) is 0 Å². The Labute approximate surface area is 134 Å². The van der Waals surface area contributed by atoms with Crippen LogP contribution in [0.4, 0.5) is 0 Å². The molecule has 0 saturated heterocycles. The lowest BCUT2D eigenvalue weighted by Crippen LogP contribution is -2.14. The third-order valence-electron chi connectivity index (χ3n) is 3.69. The van der Waals surface area contributed by atoms with E-state index in [0.29, 0.717) is 16.5 Å². The van der Waals surface area contributed by atoms with Gasteiger partial charge in [-0.2, -0.15) is 0 Å². The third kappa shape index (κ3) is 2.91. The van der Waals surface area contributed by atoms with Crippen LogP contribution < -0.4 is 5.73 Å². The molecule has 3 rings (SSSR count). The molecule has 0 aromatic heterocycles. The summed E-state index contributed by atoms with van der Waals surface area (Å²) in [4.78, 5) is 0. The first-order valence-corrected chi connectivity index (χ1v) is 7.58. The van der Waals surface area contributed by atoms with Crippen LogP contribution in [0.25, 0.3) is 10.8 Å². The fraction of sp³-hybridized carbons (Fsp3) is 0.111. The van der Waals surface area contributed by atoms with E-state index < -0.39 is 0 Å². The van der Waals surface area contributed by atoms with Crippen LogP contribution >= 0.6 is 23.2 Å². The highest BCUT2D eigenvalue weighted by molar-refractivity contribution is 6.36. The quantitative estimate of drug-likeness (QED) is 0.689. The Kier molecular flexibility index (Phi) is 4.16. The van der Waals surface area contributed by atoms with Crippen molar-refractivity contribution in [3.8, 4) is 0 Å². The van der Waals surface area contributed by atoms with Gasteiger partial charge in [0.25, 0.3) is 0 Å². The number of benzene rings is 3. The normalized spacial score (nSPS) is 12.5. The summed E-state index contributed by atoms with van der Waals surface area (Å²) < 4.78 is 0. The average molecular weight is 316 g/mol. The van der Waals surface area contributed by atoms with Gasteiger partial charge in [0.2, 0.25) is 0 Å². The SMILES string of the molecule is NC(Cc1cccc2ccccc12)c1c(Cl)cccc1Cl. The molecule has 0 aliphatic heterocycles. The zero-order valence-corrected chi connectivity index (χ0v) is 12.9. The van der Waals surface area contributed by atoms with Gasteiger partial charge in [-0.15, -0.1) is 0 Å². The van der Waals surface area contributed by atoms with Crippen LogP contribution in [0.1, 0.15) is 17.2 Å². The molecule has 3 heteroatoms. The summed E-state index contributed by atoms with van der Waals surface area (Å²) in [5, 5.41) is 3.68. The van der Waals surface area contributed by atoms with Crippen molar-refractivity contribution < 1.29 is 0 Å². The minimum atomic E-state index is -0.225. The average Bonchev–Trinajstić information content (AvgIpc) is 2.47.